The van der Waals surface area contributed by atoms with E-state index in [0.29, 0.717) is 26.9 Å². The van der Waals surface area contributed by atoms with Gasteiger partial charge in [-0.1, -0.05) is 59.6 Å². The number of benzene rings is 3. The van der Waals surface area contributed by atoms with Crippen LogP contribution in [0.1, 0.15) is 18.1 Å². The Morgan fingerprint density at radius 2 is 1.73 bits per heavy atom. The maximum atomic E-state index is 13.3. The Kier molecular flexibility index (Phi) is 8.69. The summed E-state index contributed by atoms with van der Waals surface area (Å²) in [7, 11) is 0. The highest BCUT2D eigenvalue weighted by Crippen LogP contribution is 2.21. The van der Waals surface area contributed by atoms with Gasteiger partial charge in [0.25, 0.3) is 5.91 Å². The summed E-state index contributed by atoms with van der Waals surface area (Å²) in [6.45, 7) is 1.68. The molecule has 0 aliphatic rings. The molecule has 3 aromatic carbocycles. The lowest BCUT2D eigenvalue weighted by atomic mass is 10.1. The van der Waals surface area contributed by atoms with Crippen molar-refractivity contribution in [3.8, 4) is 5.75 Å². The Bertz CT molecular complexity index is 1090. The molecule has 5 nitrogen and oxygen atoms in total. The van der Waals surface area contributed by atoms with Crippen LogP contribution < -0.4 is 10.1 Å². The highest BCUT2D eigenvalue weighted by Gasteiger charge is 2.26. The van der Waals surface area contributed by atoms with Crippen LogP contribution in [0.15, 0.2) is 72.8 Å². The first kappa shape index (κ1) is 24.6. The monoisotopic (exact) mass is 488 g/mol. The number of para-hydroxylation sites is 1. The van der Waals surface area contributed by atoms with Gasteiger partial charge in [0.15, 0.2) is 6.61 Å². The van der Waals surface area contributed by atoms with Crippen LogP contribution in [0, 0.1) is 5.82 Å². The van der Waals surface area contributed by atoms with Crippen molar-refractivity contribution in [2.75, 3.05) is 6.61 Å². The van der Waals surface area contributed by atoms with Gasteiger partial charge in [-0.2, -0.15) is 0 Å². The number of nitrogens with zero attached hydrogens (tertiary/aromatic N) is 1. The Hall–Kier alpha value is -3.09. The van der Waals surface area contributed by atoms with Crippen molar-refractivity contribution in [3.63, 3.8) is 0 Å². The molecule has 0 aliphatic carbocycles. The van der Waals surface area contributed by atoms with Crippen LogP contribution >= 0.6 is 23.2 Å². The molecule has 1 unspecified atom stereocenters. The minimum Gasteiger partial charge on any atom is -0.484 e. The van der Waals surface area contributed by atoms with E-state index >= 15 is 0 Å². The van der Waals surface area contributed by atoms with Gasteiger partial charge in [0.05, 0.1) is 0 Å². The first-order valence-electron chi connectivity index (χ1n) is 10.3. The number of amides is 2. The van der Waals surface area contributed by atoms with Crippen LogP contribution in [0.2, 0.25) is 10.0 Å². The van der Waals surface area contributed by atoms with Gasteiger partial charge in [-0.3, -0.25) is 9.59 Å². The molecule has 0 saturated carbocycles. The van der Waals surface area contributed by atoms with Gasteiger partial charge in [-0.15, -0.1) is 0 Å². The van der Waals surface area contributed by atoms with Crippen molar-refractivity contribution in [1.82, 2.24) is 10.2 Å². The fourth-order valence-corrected chi connectivity index (χ4v) is 3.58. The Balaban J connectivity index is 1.70. The number of hydrogen-bond acceptors (Lipinski definition) is 3. The summed E-state index contributed by atoms with van der Waals surface area (Å²) < 4.78 is 18.9. The van der Waals surface area contributed by atoms with Crippen molar-refractivity contribution in [1.29, 1.82) is 0 Å². The summed E-state index contributed by atoms with van der Waals surface area (Å²) in [5, 5.41) is 3.74. The lowest BCUT2D eigenvalue weighted by molar-refractivity contribution is -0.142. The second kappa shape index (κ2) is 11.7. The molecule has 172 valence electrons. The largest absolute Gasteiger partial charge is 0.484 e. The normalized spacial score (nSPS) is 11.5. The van der Waals surface area contributed by atoms with Crippen molar-refractivity contribution in [2.24, 2.45) is 0 Å². The van der Waals surface area contributed by atoms with E-state index in [-0.39, 0.29) is 37.3 Å². The average Bonchev–Trinajstić information content (AvgIpc) is 2.81. The number of carbonyl (C=O) groups is 2. The Labute approximate surface area is 202 Å². The maximum absolute atomic E-state index is 13.3. The topological polar surface area (TPSA) is 58.6 Å². The zero-order valence-corrected chi connectivity index (χ0v) is 19.4. The van der Waals surface area contributed by atoms with Crippen molar-refractivity contribution in [3.05, 3.63) is 99.8 Å². The number of hydrogen-bond donors (Lipinski definition) is 1. The number of rotatable bonds is 9. The van der Waals surface area contributed by atoms with Crippen LogP contribution in [0.5, 0.6) is 5.75 Å². The third-order valence-corrected chi connectivity index (χ3v) is 5.59. The van der Waals surface area contributed by atoms with E-state index in [1.807, 2.05) is 6.07 Å². The van der Waals surface area contributed by atoms with Crippen molar-refractivity contribution in [2.45, 2.75) is 26.1 Å². The SMILES string of the molecule is CC(C(=O)NCc1ccc(Cl)cc1Cl)N(Cc1ccc(F)cc1)C(=O)COc1ccccc1. The number of halogens is 3. The predicted molar refractivity (Wildman–Crippen MR) is 127 cm³/mol. The lowest BCUT2D eigenvalue weighted by Crippen LogP contribution is -2.48. The van der Waals surface area contributed by atoms with Gasteiger partial charge in [-0.05, 0) is 54.4 Å². The van der Waals surface area contributed by atoms with Gasteiger partial charge in [0, 0.05) is 23.1 Å². The molecule has 0 aromatic heterocycles. The third-order valence-electron chi connectivity index (χ3n) is 5.01. The molecular weight excluding hydrogens is 466 g/mol. The molecule has 0 spiro atoms. The van der Waals surface area contributed by atoms with E-state index in [4.69, 9.17) is 27.9 Å². The molecule has 0 radical (unpaired) electrons. The van der Waals surface area contributed by atoms with E-state index < -0.39 is 6.04 Å². The summed E-state index contributed by atoms with van der Waals surface area (Å²) >= 11 is 12.1. The van der Waals surface area contributed by atoms with Crippen molar-refractivity contribution >= 4 is 35.0 Å². The zero-order chi connectivity index (χ0) is 23.8. The van der Waals surface area contributed by atoms with Gasteiger partial charge >= 0.3 is 0 Å². The van der Waals surface area contributed by atoms with Crippen molar-refractivity contribution < 1.29 is 18.7 Å². The molecule has 1 N–H and O–H groups in total. The van der Waals surface area contributed by atoms with Gasteiger partial charge in [0.1, 0.15) is 17.6 Å². The molecule has 0 fully saturated rings. The molecule has 8 heteroatoms. The second-order valence-electron chi connectivity index (χ2n) is 7.38. The highest BCUT2D eigenvalue weighted by atomic mass is 35.5. The van der Waals surface area contributed by atoms with Gasteiger partial charge < -0.3 is 15.0 Å². The minimum atomic E-state index is -0.812. The predicted octanol–water partition coefficient (Wildman–Crippen LogP) is 5.25. The summed E-state index contributed by atoms with van der Waals surface area (Å²) in [6.07, 6.45) is 0. The minimum absolute atomic E-state index is 0.119. The first-order chi connectivity index (χ1) is 15.8. The molecule has 0 saturated heterocycles. The number of nitrogens with one attached hydrogen (secondary N) is 1. The first-order valence-corrected chi connectivity index (χ1v) is 11.0. The molecule has 3 aromatic rings. The van der Waals surface area contributed by atoms with Crippen LogP contribution in [0.3, 0.4) is 0 Å². The number of carbonyl (C=O) groups excluding carboxylic acids is 2. The maximum Gasteiger partial charge on any atom is 0.261 e. The summed E-state index contributed by atoms with van der Waals surface area (Å²) in [5.41, 5.74) is 1.38. The third kappa shape index (κ3) is 7.20. The molecule has 1 atom stereocenters. The molecule has 3 rings (SSSR count). The van der Waals surface area contributed by atoms with Crippen LogP contribution in [-0.2, 0) is 22.7 Å². The Morgan fingerprint density at radius 3 is 2.39 bits per heavy atom. The number of ether oxygens (including phenoxy) is 1. The lowest BCUT2D eigenvalue weighted by Gasteiger charge is -2.29. The molecule has 0 bridgehead atoms. The molecule has 0 heterocycles. The summed E-state index contributed by atoms with van der Waals surface area (Å²) in [6, 6.07) is 18.9. The zero-order valence-electron chi connectivity index (χ0n) is 17.9. The van der Waals surface area contributed by atoms with Crippen LogP contribution in [-0.4, -0.2) is 29.4 Å². The molecular formula is C25H23Cl2FN2O3. The molecule has 33 heavy (non-hydrogen) atoms. The fourth-order valence-electron chi connectivity index (χ4n) is 3.11. The van der Waals surface area contributed by atoms with Crippen LogP contribution in [0.25, 0.3) is 0 Å². The van der Waals surface area contributed by atoms with Gasteiger partial charge in [0.2, 0.25) is 5.91 Å². The van der Waals surface area contributed by atoms with Crippen LogP contribution in [0.4, 0.5) is 4.39 Å². The highest BCUT2D eigenvalue weighted by molar-refractivity contribution is 6.35. The quantitative estimate of drug-likeness (QED) is 0.447. The van der Waals surface area contributed by atoms with E-state index in [2.05, 4.69) is 5.32 Å². The standard InChI is InChI=1S/C25H23Cl2FN2O3/c1-17(25(32)29-14-19-9-10-20(26)13-23(19)27)30(15-18-7-11-21(28)12-8-18)24(31)16-33-22-5-3-2-4-6-22/h2-13,17H,14-16H2,1H3,(H,29,32). The molecule has 2 amide bonds. The summed E-state index contributed by atoms with van der Waals surface area (Å²) in [5.74, 6) is -0.580. The fraction of sp³-hybridized carbons (Fsp3) is 0.200. The van der Waals surface area contributed by atoms with E-state index in [1.165, 1.54) is 17.0 Å². The molecule has 0 aliphatic heterocycles. The summed E-state index contributed by atoms with van der Waals surface area (Å²) in [4.78, 5) is 27.3. The van der Waals surface area contributed by atoms with E-state index in [9.17, 15) is 14.0 Å². The smallest absolute Gasteiger partial charge is 0.261 e. The average molecular weight is 489 g/mol. The second-order valence-corrected chi connectivity index (χ2v) is 8.22. The van der Waals surface area contributed by atoms with E-state index in [1.54, 1.807) is 61.5 Å². The van der Waals surface area contributed by atoms with Gasteiger partial charge in [-0.25, -0.2) is 4.39 Å². The Morgan fingerprint density at radius 1 is 1.03 bits per heavy atom. The van der Waals surface area contributed by atoms with E-state index in [0.717, 1.165) is 0 Å².